The Labute approximate surface area is 126 Å². The first-order chi connectivity index (χ1) is 9.81. The van der Waals surface area contributed by atoms with Crippen LogP contribution in [0.15, 0.2) is 40.4 Å². The minimum atomic E-state index is -3.88. The molecule has 0 aliphatic carbocycles. The van der Waals surface area contributed by atoms with Gasteiger partial charge in [-0.05, 0) is 12.1 Å². The van der Waals surface area contributed by atoms with Crippen LogP contribution in [0.4, 0.5) is 11.4 Å². The molecular weight excluding hydrogens is 316 g/mol. The first-order valence-electron chi connectivity index (χ1n) is 5.83. The largest absolute Gasteiger partial charge is 0.376 e. The third-order valence-electron chi connectivity index (χ3n) is 2.67. The van der Waals surface area contributed by atoms with Gasteiger partial charge in [-0.1, -0.05) is 11.6 Å². The molecule has 0 saturated carbocycles. The summed E-state index contributed by atoms with van der Waals surface area (Å²) in [5.74, 6) is 0. The molecule has 0 amide bonds. The molecule has 2 aromatic rings. The fourth-order valence-electron chi connectivity index (χ4n) is 1.65. The van der Waals surface area contributed by atoms with Crippen molar-refractivity contribution in [2.24, 2.45) is 0 Å². The van der Waals surface area contributed by atoms with Gasteiger partial charge >= 0.3 is 0 Å². The second kappa shape index (κ2) is 5.74. The molecule has 0 bridgehead atoms. The van der Waals surface area contributed by atoms with Gasteiger partial charge in [-0.2, -0.15) is 0 Å². The highest BCUT2D eigenvalue weighted by Crippen LogP contribution is 2.25. The minimum absolute atomic E-state index is 0.138. The van der Waals surface area contributed by atoms with Crippen LogP contribution in [0.1, 0.15) is 0 Å². The summed E-state index contributed by atoms with van der Waals surface area (Å²) >= 11 is 5.65. The van der Waals surface area contributed by atoms with Crippen LogP contribution in [0, 0.1) is 0 Å². The van der Waals surface area contributed by atoms with Gasteiger partial charge in [-0.3, -0.25) is 14.5 Å². The van der Waals surface area contributed by atoms with Gasteiger partial charge in [0.2, 0.25) is 0 Å². The van der Waals surface area contributed by atoms with Crippen LogP contribution < -0.4 is 15.2 Å². The summed E-state index contributed by atoms with van der Waals surface area (Å²) in [6.07, 6.45) is 4.05. The Hall–Kier alpha value is -2.06. The molecule has 2 aromatic heterocycles. The number of aromatic amines is 1. The van der Waals surface area contributed by atoms with E-state index in [1.54, 1.807) is 31.3 Å². The van der Waals surface area contributed by atoms with Crippen molar-refractivity contribution in [1.82, 2.24) is 9.97 Å². The Bertz CT molecular complexity index is 817. The average molecular weight is 329 g/mol. The molecule has 21 heavy (non-hydrogen) atoms. The zero-order chi connectivity index (χ0) is 15.6. The van der Waals surface area contributed by atoms with E-state index >= 15 is 0 Å². The van der Waals surface area contributed by atoms with Gasteiger partial charge in [-0.15, -0.1) is 0 Å². The van der Waals surface area contributed by atoms with Gasteiger partial charge < -0.3 is 9.88 Å². The van der Waals surface area contributed by atoms with Crippen molar-refractivity contribution in [3.8, 4) is 0 Å². The zero-order valence-electron chi connectivity index (χ0n) is 11.3. The van der Waals surface area contributed by atoms with Crippen LogP contribution in [0.3, 0.4) is 0 Å². The van der Waals surface area contributed by atoms with E-state index in [9.17, 15) is 13.2 Å². The fourth-order valence-corrected chi connectivity index (χ4v) is 2.94. The lowest BCUT2D eigenvalue weighted by molar-refractivity contribution is 0.600. The molecule has 0 radical (unpaired) electrons. The summed E-state index contributed by atoms with van der Waals surface area (Å²) in [4.78, 5) is 19.0. The smallest absolute Gasteiger partial charge is 0.266 e. The maximum absolute atomic E-state index is 12.3. The Morgan fingerprint density at radius 2 is 2.10 bits per heavy atom. The quantitative estimate of drug-likeness (QED) is 0.881. The monoisotopic (exact) mass is 328 g/mol. The third-order valence-corrected chi connectivity index (χ3v) is 4.29. The lowest BCUT2D eigenvalue weighted by atomic mass is 10.3. The summed E-state index contributed by atoms with van der Waals surface area (Å²) in [6.45, 7) is 0. The average Bonchev–Trinajstić information content (AvgIpc) is 2.41. The van der Waals surface area contributed by atoms with Gasteiger partial charge in [0.25, 0.3) is 15.6 Å². The van der Waals surface area contributed by atoms with E-state index in [0.29, 0.717) is 11.4 Å². The first-order valence-corrected chi connectivity index (χ1v) is 7.70. The summed E-state index contributed by atoms with van der Waals surface area (Å²) in [5, 5.41) is -0.197. The molecular formula is C12H13ClN4O3S. The van der Waals surface area contributed by atoms with Crippen LogP contribution in [0.25, 0.3) is 0 Å². The number of sulfonamides is 1. The van der Waals surface area contributed by atoms with E-state index < -0.39 is 15.6 Å². The molecule has 2 N–H and O–H groups in total. The molecule has 2 rings (SSSR count). The molecule has 0 aliphatic heterocycles. The van der Waals surface area contributed by atoms with E-state index in [0.717, 1.165) is 12.3 Å². The van der Waals surface area contributed by atoms with Crippen LogP contribution >= 0.6 is 11.6 Å². The predicted molar refractivity (Wildman–Crippen MR) is 81.4 cm³/mol. The number of rotatable bonds is 4. The van der Waals surface area contributed by atoms with E-state index in [1.807, 2.05) is 0 Å². The lowest BCUT2D eigenvalue weighted by Crippen LogP contribution is -2.18. The molecule has 0 spiro atoms. The number of nitrogens with zero attached hydrogens (tertiary/aromatic N) is 2. The molecule has 0 atom stereocenters. The number of hydrogen-bond acceptors (Lipinski definition) is 5. The molecule has 112 valence electrons. The van der Waals surface area contributed by atoms with Crippen LogP contribution in [-0.4, -0.2) is 32.5 Å². The summed E-state index contributed by atoms with van der Waals surface area (Å²) in [6, 6.07) is 2.77. The van der Waals surface area contributed by atoms with Crippen molar-refractivity contribution in [2.45, 2.75) is 4.90 Å². The number of hydrogen-bond donors (Lipinski definition) is 2. The highest BCUT2D eigenvalue weighted by Gasteiger charge is 2.18. The van der Waals surface area contributed by atoms with Crippen molar-refractivity contribution >= 4 is 33.0 Å². The molecule has 0 aromatic carbocycles. The zero-order valence-corrected chi connectivity index (χ0v) is 12.9. The van der Waals surface area contributed by atoms with Crippen molar-refractivity contribution < 1.29 is 8.42 Å². The number of anilines is 2. The summed E-state index contributed by atoms with van der Waals surface area (Å²) in [7, 11) is -0.316. The highest BCUT2D eigenvalue weighted by atomic mass is 35.5. The normalized spacial score (nSPS) is 11.2. The minimum Gasteiger partial charge on any atom is -0.376 e. The van der Waals surface area contributed by atoms with Crippen molar-refractivity contribution in [3.05, 3.63) is 46.1 Å². The van der Waals surface area contributed by atoms with Gasteiger partial charge in [0.05, 0.1) is 17.6 Å². The molecule has 7 nitrogen and oxygen atoms in total. The summed E-state index contributed by atoms with van der Waals surface area (Å²) in [5.41, 5.74) is 0.430. The van der Waals surface area contributed by atoms with E-state index in [-0.39, 0.29) is 9.92 Å². The Balaban J connectivity index is 2.42. The maximum atomic E-state index is 12.3. The van der Waals surface area contributed by atoms with Crippen molar-refractivity contribution in [2.75, 3.05) is 23.7 Å². The van der Waals surface area contributed by atoms with Crippen molar-refractivity contribution in [1.29, 1.82) is 0 Å². The maximum Gasteiger partial charge on any atom is 0.266 e. The second-order valence-corrected chi connectivity index (χ2v) is 6.49. The summed E-state index contributed by atoms with van der Waals surface area (Å²) < 4.78 is 27.0. The van der Waals surface area contributed by atoms with E-state index in [2.05, 4.69) is 14.7 Å². The number of nitrogens with one attached hydrogen (secondary N) is 2. The Morgan fingerprint density at radius 3 is 2.71 bits per heavy atom. The fraction of sp³-hybridized carbons (Fsp3) is 0.167. The first kappa shape index (κ1) is 15.3. The second-order valence-electron chi connectivity index (χ2n) is 4.41. The molecule has 0 fully saturated rings. The van der Waals surface area contributed by atoms with Gasteiger partial charge in [0.15, 0.2) is 0 Å². The molecule has 0 aliphatic rings. The van der Waals surface area contributed by atoms with Crippen LogP contribution in [-0.2, 0) is 10.0 Å². The molecule has 0 unspecified atom stereocenters. The van der Waals surface area contributed by atoms with E-state index in [1.165, 1.54) is 6.20 Å². The molecule has 9 heteroatoms. The van der Waals surface area contributed by atoms with Crippen molar-refractivity contribution in [3.63, 3.8) is 0 Å². The molecule has 0 saturated heterocycles. The Kier molecular flexibility index (Phi) is 4.19. The number of pyridine rings is 2. The number of aromatic nitrogens is 2. The predicted octanol–water partition coefficient (Wildman–Crippen LogP) is 1.29. The van der Waals surface area contributed by atoms with Gasteiger partial charge in [0.1, 0.15) is 9.92 Å². The number of halogens is 1. The van der Waals surface area contributed by atoms with Crippen LogP contribution in [0.2, 0.25) is 5.02 Å². The van der Waals surface area contributed by atoms with Crippen LogP contribution in [0.5, 0.6) is 0 Å². The number of H-pyrrole nitrogens is 1. The van der Waals surface area contributed by atoms with Gasteiger partial charge in [0, 0.05) is 26.5 Å². The highest BCUT2D eigenvalue weighted by molar-refractivity contribution is 7.92. The SMILES string of the molecule is CN(C)c1ccncc1NS(=O)(=O)c1c[nH]c(=O)c(Cl)c1. The lowest BCUT2D eigenvalue weighted by Gasteiger charge is -2.17. The molecule has 2 heterocycles. The van der Waals surface area contributed by atoms with E-state index in [4.69, 9.17) is 11.6 Å². The standard InChI is InChI=1S/C12H13ClN4O3S/c1-17(2)11-3-4-14-7-10(11)16-21(19,20)8-5-9(13)12(18)15-6-8/h3-7,16H,1-2H3,(H,15,18). The Morgan fingerprint density at radius 1 is 1.38 bits per heavy atom. The van der Waals surface area contributed by atoms with Gasteiger partial charge in [-0.25, -0.2) is 8.42 Å². The third kappa shape index (κ3) is 3.34. The topological polar surface area (TPSA) is 95.2 Å².